The molecule has 0 bridgehead atoms. The molecule has 4 nitrogen and oxygen atoms in total. The summed E-state index contributed by atoms with van der Waals surface area (Å²) in [5.74, 6) is -1.97. The zero-order chi connectivity index (χ0) is 13.0. The SMILES string of the molecule is C=C(C)c1ccc(C(=CC(N)=O)C(=O)O)cc1. The topological polar surface area (TPSA) is 80.4 Å². The van der Waals surface area contributed by atoms with Gasteiger partial charge in [0.1, 0.15) is 0 Å². The van der Waals surface area contributed by atoms with Gasteiger partial charge in [0.05, 0.1) is 5.57 Å². The summed E-state index contributed by atoms with van der Waals surface area (Å²) in [6.45, 7) is 5.63. The number of carboxylic acids is 1. The third kappa shape index (κ3) is 3.31. The summed E-state index contributed by atoms with van der Waals surface area (Å²) in [7, 11) is 0. The molecule has 0 radical (unpaired) electrons. The molecule has 1 aromatic rings. The van der Waals surface area contributed by atoms with Gasteiger partial charge in [-0.05, 0) is 18.1 Å². The predicted octanol–water partition coefficient (Wildman–Crippen LogP) is 1.67. The van der Waals surface area contributed by atoms with E-state index < -0.39 is 11.9 Å². The van der Waals surface area contributed by atoms with Gasteiger partial charge in [0.25, 0.3) is 0 Å². The van der Waals surface area contributed by atoms with E-state index in [4.69, 9.17) is 10.8 Å². The largest absolute Gasteiger partial charge is 0.478 e. The smallest absolute Gasteiger partial charge is 0.336 e. The average molecular weight is 231 g/mol. The predicted molar refractivity (Wildman–Crippen MR) is 66.0 cm³/mol. The number of carbonyl (C=O) groups excluding carboxylic acids is 1. The van der Waals surface area contributed by atoms with E-state index >= 15 is 0 Å². The third-order valence-corrected chi connectivity index (χ3v) is 2.21. The summed E-state index contributed by atoms with van der Waals surface area (Å²) in [5.41, 5.74) is 7.06. The second-order valence-corrected chi connectivity index (χ2v) is 3.62. The van der Waals surface area contributed by atoms with Crippen LogP contribution in [0.3, 0.4) is 0 Å². The summed E-state index contributed by atoms with van der Waals surface area (Å²) >= 11 is 0. The standard InChI is InChI=1S/C13H13NO3/c1-8(2)9-3-5-10(6-4-9)11(13(16)17)7-12(14)15/h3-7H,1H2,2H3,(H2,14,15)(H,16,17). The molecule has 0 atom stereocenters. The van der Waals surface area contributed by atoms with Crippen LogP contribution in [0.4, 0.5) is 0 Å². The van der Waals surface area contributed by atoms with Crippen LogP contribution in [0.1, 0.15) is 18.1 Å². The van der Waals surface area contributed by atoms with Crippen molar-refractivity contribution in [3.05, 3.63) is 48.0 Å². The zero-order valence-electron chi connectivity index (χ0n) is 9.43. The summed E-state index contributed by atoms with van der Waals surface area (Å²) in [4.78, 5) is 21.7. The number of carbonyl (C=O) groups is 2. The average Bonchev–Trinajstić information content (AvgIpc) is 2.25. The van der Waals surface area contributed by atoms with Gasteiger partial charge in [-0.15, -0.1) is 0 Å². The van der Waals surface area contributed by atoms with Gasteiger partial charge in [0.2, 0.25) is 5.91 Å². The minimum absolute atomic E-state index is 0.120. The molecule has 0 aliphatic heterocycles. The van der Waals surface area contributed by atoms with Crippen LogP contribution in [0, 0.1) is 0 Å². The molecule has 0 aliphatic carbocycles. The number of benzene rings is 1. The minimum Gasteiger partial charge on any atom is -0.478 e. The van der Waals surface area contributed by atoms with Crippen LogP contribution >= 0.6 is 0 Å². The summed E-state index contributed by atoms with van der Waals surface area (Å²) in [6.07, 6.45) is 0.901. The van der Waals surface area contributed by atoms with Crippen molar-refractivity contribution in [1.82, 2.24) is 0 Å². The lowest BCUT2D eigenvalue weighted by molar-refractivity contribution is -0.130. The monoisotopic (exact) mass is 231 g/mol. The van der Waals surface area contributed by atoms with Crippen molar-refractivity contribution in [2.45, 2.75) is 6.92 Å². The highest BCUT2D eigenvalue weighted by atomic mass is 16.4. The van der Waals surface area contributed by atoms with Crippen molar-refractivity contribution < 1.29 is 14.7 Å². The number of rotatable bonds is 4. The normalized spacial score (nSPS) is 11.0. The molecule has 0 saturated carbocycles. The molecular formula is C13H13NO3. The molecule has 1 rings (SSSR count). The zero-order valence-corrected chi connectivity index (χ0v) is 9.43. The maximum atomic E-state index is 11.0. The van der Waals surface area contributed by atoms with E-state index in [2.05, 4.69) is 6.58 Å². The molecule has 4 heteroatoms. The van der Waals surface area contributed by atoms with Crippen molar-refractivity contribution in [3.8, 4) is 0 Å². The molecule has 88 valence electrons. The van der Waals surface area contributed by atoms with Crippen LogP contribution in [-0.2, 0) is 9.59 Å². The lowest BCUT2D eigenvalue weighted by Gasteiger charge is -2.04. The van der Waals surface area contributed by atoms with Gasteiger partial charge in [0.15, 0.2) is 0 Å². The van der Waals surface area contributed by atoms with Crippen LogP contribution in [0.5, 0.6) is 0 Å². The Bertz CT molecular complexity index is 498. The van der Waals surface area contributed by atoms with Crippen molar-refractivity contribution in [2.75, 3.05) is 0 Å². The minimum atomic E-state index is -1.19. The second kappa shape index (κ2) is 5.12. The van der Waals surface area contributed by atoms with E-state index in [9.17, 15) is 9.59 Å². The van der Waals surface area contributed by atoms with Crippen LogP contribution in [0.15, 0.2) is 36.9 Å². The van der Waals surface area contributed by atoms with Crippen LogP contribution < -0.4 is 5.73 Å². The number of carboxylic acid groups (broad SMARTS) is 1. The van der Waals surface area contributed by atoms with Crippen LogP contribution in [0.2, 0.25) is 0 Å². The molecule has 1 amide bonds. The van der Waals surface area contributed by atoms with Crippen LogP contribution in [0.25, 0.3) is 11.1 Å². The first-order valence-electron chi connectivity index (χ1n) is 4.92. The van der Waals surface area contributed by atoms with Crippen LogP contribution in [-0.4, -0.2) is 17.0 Å². The number of nitrogens with two attached hydrogens (primary N) is 1. The highest BCUT2D eigenvalue weighted by Gasteiger charge is 2.11. The quantitative estimate of drug-likeness (QED) is 0.773. The van der Waals surface area contributed by atoms with Gasteiger partial charge in [-0.25, -0.2) is 4.79 Å². The molecule has 1 aromatic carbocycles. The molecule has 0 heterocycles. The number of primary amides is 1. The Labute approximate surface area is 99.1 Å². The Morgan fingerprint density at radius 1 is 1.24 bits per heavy atom. The molecule has 0 saturated heterocycles. The fourth-order valence-electron chi connectivity index (χ4n) is 1.35. The first-order valence-corrected chi connectivity index (χ1v) is 4.92. The van der Waals surface area contributed by atoms with Gasteiger partial charge >= 0.3 is 5.97 Å². The fourth-order valence-corrected chi connectivity index (χ4v) is 1.35. The highest BCUT2D eigenvalue weighted by molar-refractivity contribution is 6.20. The molecule has 0 aliphatic rings. The number of hydrogen-bond acceptors (Lipinski definition) is 2. The molecule has 0 aromatic heterocycles. The van der Waals surface area contributed by atoms with Crippen molar-refractivity contribution in [3.63, 3.8) is 0 Å². The van der Waals surface area contributed by atoms with E-state index in [-0.39, 0.29) is 5.57 Å². The number of hydrogen-bond donors (Lipinski definition) is 2. The van der Waals surface area contributed by atoms with Crippen molar-refractivity contribution in [2.24, 2.45) is 5.73 Å². The van der Waals surface area contributed by atoms with Gasteiger partial charge < -0.3 is 10.8 Å². The fraction of sp³-hybridized carbons (Fsp3) is 0.0769. The molecule has 3 N–H and O–H groups in total. The van der Waals surface area contributed by atoms with Gasteiger partial charge in [-0.2, -0.15) is 0 Å². The highest BCUT2D eigenvalue weighted by Crippen LogP contribution is 2.18. The Morgan fingerprint density at radius 3 is 2.06 bits per heavy atom. The van der Waals surface area contributed by atoms with E-state index in [0.29, 0.717) is 5.56 Å². The molecule has 0 spiro atoms. The Kier molecular flexibility index (Phi) is 3.82. The van der Waals surface area contributed by atoms with E-state index in [1.54, 1.807) is 24.3 Å². The number of amides is 1. The Hall–Kier alpha value is -2.36. The van der Waals surface area contributed by atoms with Gasteiger partial charge in [0, 0.05) is 6.08 Å². The lowest BCUT2D eigenvalue weighted by Crippen LogP contribution is -2.10. The van der Waals surface area contributed by atoms with Gasteiger partial charge in [-0.3, -0.25) is 4.79 Å². The van der Waals surface area contributed by atoms with E-state index in [1.165, 1.54) is 0 Å². The van der Waals surface area contributed by atoms with Crippen molar-refractivity contribution in [1.29, 1.82) is 0 Å². The third-order valence-electron chi connectivity index (χ3n) is 2.21. The molecule has 17 heavy (non-hydrogen) atoms. The molecular weight excluding hydrogens is 218 g/mol. The maximum Gasteiger partial charge on any atom is 0.336 e. The first-order chi connectivity index (χ1) is 7.91. The lowest BCUT2D eigenvalue weighted by atomic mass is 10.0. The number of aliphatic carboxylic acids is 1. The van der Waals surface area contributed by atoms with E-state index in [0.717, 1.165) is 17.2 Å². The Morgan fingerprint density at radius 2 is 1.71 bits per heavy atom. The van der Waals surface area contributed by atoms with Gasteiger partial charge in [-0.1, -0.05) is 36.4 Å². The summed E-state index contributed by atoms with van der Waals surface area (Å²) in [6, 6.07) is 6.73. The number of allylic oxidation sites excluding steroid dienone is 1. The first kappa shape index (κ1) is 12.7. The summed E-state index contributed by atoms with van der Waals surface area (Å²) in [5, 5.41) is 8.96. The molecule has 0 fully saturated rings. The maximum absolute atomic E-state index is 11.0. The van der Waals surface area contributed by atoms with Crippen molar-refractivity contribution >= 4 is 23.0 Å². The summed E-state index contributed by atoms with van der Waals surface area (Å²) < 4.78 is 0. The Balaban J connectivity index is 3.17. The molecule has 0 unspecified atom stereocenters. The second-order valence-electron chi connectivity index (χ2n) is 3.62. The van der Waals surface area contributed by atoms with E-state index in [1.807, 2.05) is 6.92 Å².